The van der Waals surface area contributed by atoms with Crippen LogP contribution in [0.25, 0.3) is 11.1 Å². The topological polar surface area (TPSA) is 12.0 Å². The minimum absolute atomic E-state index is 0.277. The normalized spacial score (nSPS) is 37.5. The maximum atomic E-state index is 3.83. The Hall–Kier alpha value is -2.54. The van der Waals surface area contributed by atoms with Gasteiger partial charge in [-0.3, -0.25) is 0 Å². The van der Waals surface area contributed by atoms with Gasteiger partial charge in [-0.25, -0.2) is 0 Å². The number of fused-ring (bicyclic) bond motifs is 9. The van der Waals surface area contributed by atoms with Crippen LogP contribution in [-0.4, -0.2) is 0 Å². The summed E-state index contributed by atoms with van der Waals surface area (Å²) in [5, 5.41) is 3.83. The summed E-state index contributed by atoms with van der Waals surface area (Å²) in [5.74, 6) is 3.72. The summed E-state index contributed by atoms with van der Waals surface area (Å²) in [6, 6.07) is 25.2. The summed E-state index contributed by atoms with van der Waals surface area (Å²) in [6.07, 6.45) is 7.51. The van der Waals surface area contributed by atoms with Gasteiger partial charge in [0.05, 0.1) is 0 Å². The van der Waals surface area contributed by atoms with Gasteiger partial charge in [0.25, 0.3) is 0 Å². The number of aryl methyl sites for hydroxylation is 1. The fourth-order valence-electron chi connectivity index (χ4n) is 9.64. The van der Waals surface area contributed by atoms with Crippen LogP contribution in [0.2, 0.25) is 0 Å². The molecule has 1 nitrogen and oxygen atoms in total. The number of anilines is 2. The molecule has 0 amide bonds. The summed E-state index contributed by atoms with van der Waals surface area (Å²) in [4.78, 5) is 0. The van der Waals surface area contributed by atoms with Crippen LogP contribution in [0, 0.1) is 36.0 Å². The predicted octanol–water partition coefficient (Wildman–Crippen LogP) is 7.46. The molecule has 1 N–H and O–H groups in total. The Balaban J connectivity index is 1.36. The zero-order valence-corrected chi connectivity index (χ0v) is 18.2. The van der Waals surface area contributed by atoms with Gasteiger partial charge in [-0.15, -0.1) is 0 Å². The highest BCUT2D eigenvalue weighted by Crippen LogP contribution is 2.85. The van der Waals surface area contributed by atoms with Crippen molar-refractivity contribution in [3.05, 3.63) is 83.4 Å². The number of benzene rings is 3. The first kappa shape index (κ1) is 17.1. The minimum Gasteiger partial charge on any atom is -0.355 e. The van der Waals surface area contributed by atoms with Crippen LogP contribution in [0.15, 0.2) is 66.7 Å². The lowest BCUT2D eigenvalue weighted by Gasteiger charge is -2.64. The molecule has 4 atom stereocenters. The summed E-state index contributed by atoms with van der Waals surface area (Å²) in [7, 11) is 0. The molecule has 5 aliphatic rings. The van der Waals surface area contributed by atoms with Gasteiger partial charge in [0, 0.05) is 22.4 Å². The van der Waals surface area contributed by atoms with Crippen molar-refractivity contribution < 1.29 is 0 Å². The lowest BCUT2D eigenvalue weighted by molar-refractivity contribution is -0.0820. The highest BCUT2D eigenvalue weighted by atomic mass is 14.9. The molecule has 1 heteroatoms. The van der Waals surface area contributed by atoms with E-state index in [1.165, 1.54) is 60.2 Å². The van der Waals surface area contributed by atoms with Crippen LogP contribution in [-0.2, 0) is 5.41 Å². The van der Waals surface area contributed by atoms with Crippen molar-refractivity contribution in [2.75, 3.05) is 5.32 Å². The molecule has 154 valence electrons. The number of rotatable bonds is 2. The Kier molecular flexibility index (Phi) is 2.99. The molecule has 4 saturated carbocycles. The average molecular weight is 404 g/mol. The van der Waals surface area contributed by atoms with Crippen molar-refractivity contribution in [3.8, 4) is 11.1 Å². The summed E-state index contributed by atoms with van der Waals surface area (Å²) in [6.45, 7) is 2.20. The second-order valence-corrected chi connectivity index (χ2v) is 11.3. The van der Waals surface area contributed by atoms with Crippen LogP contribution >= 0.6 is 0 Å². The van der Waals surface area contributed by atoms with E-state index < -0.39 is 0 Å². The molecule has 0 saturated heterocycles. The van der Waals surface area contributed by atoms with Gasteiger partial charge in [-0.2, -0.15) is 0 Å². The molecule has 3 bridgehead atoms. The molecule has 8 rings (SSSR count). The van der Waals surface area contributed by atoms with Gasteiger partial charge in [0.15, 0.2) is 0 Å². The van der Waals surface area contributed by atoms with Crippen LogP contribution in [0.3, 0.4) is 0 Å². The molecule has 31 heavy (non-hydrogen) atoms. The lowest BCUT2D eigenvalue weighted by atomic mass is 9.38. The molecule has 2 spiro atoms. The maximum absolute atomic E-state index is 3.83. The average Bonchev–Trinajstić information content (AvgIpc) is 3.31. The molecule has 4 fully saturated rings. The number of nitrogens with one attached hydrogen (secondary N) is 1. The molecule has 0 aliphatic heterocycles. The SMILES string of the molecule is Cc1ccccc1Nc1cccc2c1-c1ccccc1C21C2CC3CC4CC1C2(C3)C4. The molecule has 0 heterocycles. The fraction of sp³-hybridized carbons (Fsp3) is 0.400. The Morgan fingerprint density at radius 1 is 0.710 bits per heavy atom. The van der Waals surface area contributed by atoms with Crippen LogP contribution in [0.4, 0.5) is 11.4 Å². The van der Waals surface area contributed by atoms with E-state index >= 15 is 0 Å². The van der Waals surface area contributed by atoms with Gasteiger partial charge in [0.1, 0.15) is 0 Å². The fourth-order valence-corrected chi connectivity index (χ4v) is 9.64. The molecular formula is C30H29N. The third-order valence-corrected chi connectivity index (χ3v) is 10.2. The third-order valence-electron chi connectivity index (χ3n) is 10.2. The smallest absolute Gasteiger partial charge is 0.0467 e. The molecule has 4 unspecified atom stereocenters. The summed E-state index contributed by atoms with van der Waals surface area (Å²) in [5.41, 5.74) is 11.0. The van der Waals surface area contributed by atoms with Crippen LogP contribution in [0.1, 0.15) is 48.8 Å². The molecule has 3 aromatic carbocycles. The second kappa shape index (κ2) is 5.44. The highest BCUT2D eigenvalue weighted by Gasteiger charge is 2.79. The van der Waals surface area contributed by atoms with E-state index in [-0.39, 0.29) is 5.41 Å². The van der Waals surface area contributed by atoms with E-state index in [0.29, 0.717) is 5.41 Å². The van der Waals surface area contributed by atoms with Crippen molar-refractivity contribution in [1.29, 1.82) is 0 Å². The van der Waals surface area contributed by atoms with Crippen LogP contribution < -0.4 is 5.32 Å². The Labute approximate surface area is 184 Å². The highest BCUT2D eigenvalue weighted by molar-refractivity contribution is 5.92. The zero-order valence-electron chi connectivity index (χ0n) is 18.2. The zero-order chi connectivity index (χ0) is 20.4. The molecule has 0 aromatic heterocycles. The van der Waals surface area contributed by atoms with Gasteiger partial charge >= 0.3 is 0 Å². The van der Waals surface area contributed by atoms with Crippen molar-refractivity contribution in [2.24, 2.45) is 29.1 Å². The van der Waals surface area contributed by atoms with Gasteiger partial charge in [-0.1, -0.05) is 54.6 Å². The maximum Gasteiger partial charge on any atom is 0.0467 e. The van der Waals surface area contributed by atoms with E-state index in [0.717, 1.165) is 23.7 Å². The predicted molar refractivity (Wildman–Crippen MR) is 127 cm³/mol. The first-order chi connectivity index (χ1) is 15.2. The molecule has 3 aromatic rings. The second-order valence-electron chi connectivity index (χ2n) is 11.3. The van der Waals surface area contributed by atoms with Crippen molar-refractivity contribution in [3.63, 3.8) is 0 Å². The summed E-state index contributed by atoms with van der Waals surface area (Å²) >= 11 is 0. The summed E-state index contributed by atoms with van der Waals surface area (Å²) < 4.78 is 0. The molecular weight excluding hydrogens is 374 g/mol. The Morgan fingerprint density at radius 2 is 1.39 bits per heavy atom. The lowest BCUT2D eigenvalue weighted by Crippen LogP contribution is -2.62. The van der Waals surface area contributed by atoms with Gasteiger partial charge < -0.3 is 5.32 Å². The van der Waals surface area contributed by atoms with E-state index in [4.69, 9.17) is 0 Å². The number of hydrogen-bond donors (Lipinski definition) is 1. The van der Waals surface area contributed by atoms with E-state index in [2.05, 4.69) is 79.0 Å². The Bertz CT molecular complexity index is 1230. The third kappa shape index (κ3) is 1.80. The van der Waals surface area contributed by atoms with Crippen molar-refractivity contribution in [1.82, 2.24) is 0 Å². The van der Waals surface area contributed by atoms with Crippen LogP contribution in [0.5, 0.6) is 0 Å². The number of para-hydroxylation sites is 1. The monoisotopic (exact) mass is 403 g/mol. The first-order valence-electron chi connectivity index (χ1n) is 12.3. The van der Waals surface area contributed by atoms with Crippen molar-refractivity contribution in [2.45, 2.75) is 44.4 Å². The standard InChI is InChI=1S/C30H29N/c1-18-7-2-5-11-24(18)31-25-12-6-10-23-28(25)21-8-3-4-9-22(21)30(23)26-14-19-13-20-15-27(30)29(26,16-19)17-20/h2-12,19-20,26-27,31H,13-17H2,1H3. The van der Waals surface area contributed by atoms with Gasteiger partial charge in [-0.05, 0) is 103 Å². The van der Waals surface area contributed by atoms with E-state index in [1.807, 2.05) is 0 Å². The van der Waals surface area contributed by atoms with Gasteiger partial charge in [0.2, 0.25) is 0 Å². The Morgan fingerprint density at radius 3 is 2.19 bits per heavy atom. The van der Waals surface area contributed by atoms with Crippen molar-refractivity contribution >= 4 is 11.4 Å². The van der Waals surface area contributed by atoms with E-state index in [9.17, 15) is 0 Å². The molecule has 0 radical (unpaired) electrons. The van der Waals surface area contributed by atoms with E-state index in [1.54, 1.807) is 11.1 Å². The number of hydrogen-bond acceptors (Lipinski definition) is 1. The first-order valence-corrected chi connectivity index (χ1v) is 12.3. The molecule has 5 aliphatic carbocycles. The minimum atomic E-state index is 0.277. The largest absolute Gasteiger partial charge is 0.355 e. The quantitative estimate of drug-likeness (QED) is 0.468.